The van der Waals surface area contributed by atoms with Crippen LogP contribution in [0.2, 0.25) is 0 Å². The Labute approximate surface area is 189 Å². The van der Waals surface area contributed by atoms with Crippen molar-refractivity contribution >= 4 is 34.3 Å². The molecule has 1 atom stereocenters. The second kappa shape index (κ2) is 10.2. The minimum Gasteiger partial charge on any atom is -0.497 e. The number of methoxy groups -OCH3 is 1. The van der Waals surface area contributed by atoms with Gasteiger partial charge in [-0.1, -0.05) is 19.1 Å². The van der Waals surface area contributed by atoms with Crippen LogP contribution in [0.4, 0.5) is 9.80 Å². The maximum atomic E-state index is 12.7. The molecule has 2 aromatic rings. The van der Waals surface area contributed by atoms with Gasteiger partial charge in [-0.3, -0.25) is 4.79 Å². The van der Waals surface area contributed by atoms with E-state index in [9.17, 15) is 19.6 Å². The summed E-state index contributed by atoms with van der Waals surface area (Å²) in [5.41, 5.74) is 2.18. The molecule has 1 unspecified atom stereocenters. The van der Waals surface area contributed by atoms with Gasteiger partial charge in [-0.2, -0.15) is 5.26 Å². The third-order valence-electron chi connectivity index (χ3n) is 5.15. The van der Waals surface area contributed by atoms with Crippen molar-refractivity contribution < 1.29 is 29.0 Å². The smallest absolute Gasteiger partial charge is 0.410 e. The van der Waals surface area contributed by atoms with Gasteiger partial charge in [0.15, 0.2) is 6.61 Å². The molecule has 9 nitrogen and oxygen atoms in total. The Morgan fingerprint density at radius 1 is 1.38 bits per heavy atom. The van der Waals surface area contributed by atoms with Crippen LogP contribution in [0.15, 0.2) is 24.3 Å². The highest BCUT2D eigenvalue weighted by Crippen LogP contribution is 2.37. The van der Waals surface area contributed by atoms with Crippen molar-refractivity contribution in [3.05, 3.63) is 45.8 Å². The van der Waals surface area contributed by atoms with Gasteiger partial charge in [-0.05, 0) is 35.6 Å². The Hall–Kier alpha value is -3.58. The molecular formula is C22H23N3O6S. The summed E-state index contributed by atoms with van der Waals surface area (Å²) in [4.78, 5) is 37.5. The van der Waals surface area contributed by atoms with Gasteiger partial charge >= 0.3 is 12.1 Å². The number of carboxylic acid groups (broad SMARTS) is 1. The zero-order valence-corrected chi connectivity index (χ0v) is 18.5. The number of aliphatic carboxylic acids is 1. The van der Waals surface area contributed by atoms with E-state index in [1.807, 2.05) is 31.2 Å². The van der Waals surface area contributed by atoms with Gasteiger partial charge in [-0.25, -0.2) is 9.59 Å². The molecule has 0 aliphatic carbocycles. The zero-order valence-electron chi connectivity index (χ0n) is 17.7. The Morgan fingerprint density at radius 3 is 2.84 bits per heavy atom. The van der Waals surface area contributed by atoms with Crippen molar-refractivity contribution in [2.45, 2.75) is 32.2 Å². The van der Waals surface area contributed by atoms with Crippen LogP contribution in [0.5, 0.6) is 5.75 Å². The van der Waals surface area contributed by atoms with Gasteiger partial charge in [0.05, 0.1) is 19.2 Å². The lowest BCUT2D eigenvalue weighted by atomic mass is 9.97. The number of fused-ring (bicyclic) bond motifs is 1. The molecule has 0 bridgehead atoms. The number of carboxylic acids is 1. The number of benzene rings is 1. The van der Waals surface area contributed by atoms with Gasteiger partial charge in [0, 0.05) is 17.8 Å². The number of nitriles is 1. The summed E-state index contributed by atoms with van der Waals surface area (Å²) in [5.74, 6) is -0.774. The van der Waals surface area contributed by atoms with E-state index in [2.05, 4.69) is 11.4 Å². The predicted octanol–water partition coefficient (Wildman–Crippen LogP) is 3.34. The number of nitrogens with one attached hydrogen (secondary N) is 1. The number of hydrogen-bond donors (Lipinski definition) is 2. The molecule has 0 radical (unpaired) electrons. The van der Waals surface area contributed by atoms with E-state index < -0.39 is 18.7 Å². The lowest BCUT2D eigenvalue weighted by Crippen LogP contribution is -2.36. The number of amides is 2. The fraction of sp³-hybridized carbons (Fsp3) is 0.364. The summed E-state index contributed by atoms with van der Waals surface area (Å²) in [5, 5.41) is 21.6. The molecule has 1 aliphatic heterocycles. The van der Waals surface area contributed by atoms with E-state index >= 15 is 0 Å². The minimum atomic E-state index is -1.23. The Balaban J connectivity index is 1.67. The maximum Gasteiger partial charge on any atom is 0.410 e. The van der Waals surface area contributed by atoms with Crippen LogP contribution in [0.3, 0.4) is 0 Å². The van der Waals surface area contributed by atoms with E-state index in [0.29, 0.717) is 23.5 Å². The molecule has 32 heavy (non-hydrogen) atoms. The molecule has 1 aliphatic rings. The van der Waals surface area contributed by atoms with Crippen LogP contribution in [-0.2, 0) is 27.3 Å². The first kappa shape index (κ1) is 23.1. The first-order valence-corrected chi connectivity index (χ1v) is 10.8. The highest BCUT2D eigenvalue weighted by atomic mass is 32.1. The molecule has 1 aromatic heterocycles. The van der Waals surface area contributed by atoms with E-state index in [-0.39, 0.29) is 24.8 Å². The van der Waals surface area contributed by atoms with Crippen molar-refractivity contribution in [2.75, 3.05) is 25.6 Å². The van der Waals surface area contributed by atoms with Gasteiger partial charge in [0.2, 0.25) is 5.91 Å². The van der Waals surface area contributed by atoms with Crippen molar-refractivity contribution in [2.24, 2.45) is 0 Å². The largest absolute Gasteiger partial charge is 0.497 e. The van der Waals surface area contributed by atoms with Crippen molar-refractivity contribution in [1.29, 1.82) is 5.26 Å². The third kappa shape index (κ3) is 5.36. The van der Waals surface area contributed by atoms with Crippen molar-refractivity contribution in [3.8, 4) is 11.8 Å². The van der Waals surface area contributed by atoms with E-state index in [4.69, 9.17) is 14.6 Å². The molecule has 0 saturated carbocycles. The molecular weight excluding hydrogens is 434 g/mol. The molecule has 0 fully saturated rings. The number of carbonyl (C=O) groups is 3. The van der Waals surface area contributed by atoms with Crippen LogP contribution in [0.1, 0.15) is 40.8 Å². The summed E-state index contributed by atoms with van der Waals surface area (Å²) in [6, 6.07) is 9.69. The van der Waals surface area contributed by atoms with Crippen LogP contribution >= 0.6 is 11.3 Å². The number of anilines is 1. The Bertz CT molecular complexity index is 1070. The lowest BCUT2D eigenvalue weighted by Gasteiger charge is -2.25. The third-order valence-corrected chi connectivity index (χ3v) is 6.29. The first-order chi connectivity index (χ1) is 15.3. The van der Waals surface area contributed by atoms with Crippen LogP contribution in [0.25, 0.3) is 0 Å². The predicted molar refractivity (Wildman–Crippen MR) is 117 cm³/mol. The second-order valence-corrected chi connectivity index (χ2v) is 8.47. The van der Waals surface area contributed by atoms with Gasteiger partial charge in [-0.15, -0.1) is 11.3 Å². The van der Waals surface area contributed by atoms with Crippen LogP contribution < -0.4 is 10.1 Å². The molecule has 168 valence electrons. The van der Waals surface area contributed by atoms with Gasteiger partial charge in [0.25, 0.3) is 0 Å². The van der Waals surface area contributed by atoms with Crippen LogP contribution in [-0.4, -0.2) is 48.2 Å². The quantitative estimate of drug-likeness (QED) is 0.652. The van der Waals surface area contributed by atoms with Crippen LogP contribution in [0, 0.1) is 11.3 Å². The summed E-state index contributed by atoms with van der Waals surface area (Å²) < 4.78 is 9.97. The molecule has 1 aromatic carbocycles. The number of hydrogen-bond acceptors (Lipinski definition) is 7. The molecule has 3 rings (SSSR count). The highest BCUT2D eigenvalue weighted by Gasteiger charge is 2.28. The fourth-order valence-electron chi connectivity index (χ4n) is 3.50. The average molecular weight is 458 g/mol. The number of nitrogens with zero attached hydrogens (tertiary/aromatic N) is 2. The van der Waals surface area contributed by atoms with E-state index in [1.54, 1.807) is 7.11 Å². The Kier molecular flexibility index (Phi) is 7.33. The van der Waals surface area contributed by atoms with E-state index in [0.717, 1.165) is 21.8 Å². The van der Waals surface area contributed by atoms with Gasteiger partial charge in [0.1, 0.15) is 16.8 Å². The zero-order chi connectivity index (χ0) is 23.3. The summed E-state index contributed by atoms with van der Waals surface area (Å²) in [7, 11) is 1.59. The molecule has 10 heteroatoms. The first-order valence-electron chi connectivity index (χ1n) is 9.94. The molecule has 0 saturated heterocycles. The summed E-state index contributed by atoms with van der Waals surface area (Å²) in [6.07, 6.45) is -0.0658. The Morgan fingerprint density at radius 2 is 2.16 bits per heavy atom. The fourth-order valence-corrected chi connectivity index (χ4v) is 4.73. The second-order valence-electron chi connectivity index (χ2n) is 7.37. The number of carbonyl (C=O) groups excluding carboxylic acids is 2. The van der Waals surface area contributed by atoms with E-state index in [1.165, 1.54) is 16.2 Å². The molecule has 2 amide bonds. The lowest BCUT2D eigenvalue weighted by molar-refractivity contribution is -0.140. The molecule has 0 spiro atoms. The standard InChI is InChI=1S/C22H23N3O6S/c1-13(14-4-3-5-15(9-14)30-2)8-19(26)24-21-17(10-23)16-6-7-25(11-18(16)32-21)22(29)31-12-20(27)28/h3-5,9,13H,6-8,11-12H2,1-2H3,(H,24,26)(H,27,28). The minimum absolute atomic E-state index is 0.0512. The number of ether oxygens (including phenoxy) is 2. The topological polar surface area (TPSA) is 129 Å². The highest BCUT2D eigenvalue weighted by molar-refractivity contribution is 7.16. The maximum absolute atomic E-state index is 12.7. The van der Waals surface area contributed by atoms with Crippen molar-refractivity contribution in [1.82, 2.24) is 4.90 Å². The van der Waals surface area contributed by atoms with Gasteiger partial charge < -0.3 is 24.8 Å². The summed E-state index contributed by atoms with van der Waals surface area (Å²) in [6.45, 7) is 1.74. The van der Waals surface area contributed by atoms with Crippen molar-refractivity contribution in [3.63, 3.8) is 0 Å². The number of rotatable bonds is 7. The molecule has 2 N–H and O–H groups in total. The monoisotopic (exact) mass is 457 g/mol. The SMILES string of the molecule is COc1cccc(C(C)CC(=O)Nc2sc3c(c2C#N)CCN(C(=O)OCC(=O)O)C3)c1. The normalized spacial score (nSPS) is 13.5. The number of thiophene rings is 1. The molecule has 2 heterocycles. The average Bonchev–Trinajstić information content (AvgIpc) is 3.13. The summed E-state index contributed by atoms with van der Waals surface area (Å²) >= 11 is 1.25.